The van der Waals surface area contributed by atoms with E-state index in [-0.39, 0.29) is 11.5 Å². The van der Waals surface area contributed by atoms with Crippen LogP contribution in [0.3, 0.4) is 0 Å². The number of aromatic nitrogens is 1. The van der Waals surface area contributed by atoms with Crippen molar-refractivity contribution in [2.24, 2.45) is 5.92 Å². The maximum atomic E-state index is 11.9. The van der Waals surface area contributed by atoms with Crippen molar-refractivity contribution in [1.29, 1.82) is 0 Å². The predicted octanol–water partition coefficient (Wildman–Crippen LogP) is 1.28. The summed E-state index contributed by atoms with van der Waals surface area (Å²) in [6, 6.07) is 0.343. The fourth-order valence-electron chi connectivity index (χ4n) is 1.50. The molecule has 0 saturated carbocycles. The van der Waals surface area contributed by atoms with E-state index in [0.717, 1.165) is 0 Å². The molecule has 3 N–H and O–H groups in total. The van der Waals surface area contributed by atoms with Crippen LogP contribution >= 0.6 is 15.9 Å². The maximum absolute atomic E-state index is 11.9. The number of nitrogens with one attached hydrogen (secondary N) is 2. The fourth-order valence-corrected chi connectivity index (χ4v) is 1.83. The van der Waals surface area contributed by atoms with Crippen LogP contribution in [0, 0.1) is 12.8 Å². The Hall–Kier alpha value is -1.63. The average Bonchev–Trinajstić information content (AvgIpc) is 2.29. The molecule has 0 radical (unpaired) electrons. The zero-order valence-corrected chi connectivity index (χ0v) is 12.4. The third-order valence-electron chi connectivity index (χ3n) is 2.64. The van der Waals surface area contributed by atoms with Crippen LogP contribution < -0.4 is 10.9 Å². The molecule has 1 amide bonds. The number of pyridine rings is 1. The number of rotatable bonds is 4. The van der Waals surface area contributed by atoms with Gasteiger partial charge in [-0.25, -0.2) is 4.79 Å². The lowest BCUT2D eigenvalue weighted by Crippen LogP contribution is -2.45. The SMILES string of the molecule is Cc1[nH]c(=O)c(C(=O)N[C@H](C(=O)O)C(C)C)cc1Br. The minimum Gasteiger partial charge on any atom is -0.480 e. The van der Waals surface area contributed by atoms with E-state index in [9.17, 15) is 14.4 Å². The van der Waals surface area contributed by atoms with Crippen LogP contribution in [0.4, 0.5) is 0 Å². The number of carbonyl (C=O) groups excluding carboxylic acids is 1. The zero-order valence-electron chi connectivity index (χ0n) is 10.8. The molecular weight excluding hydrogens is 316 g/mol. The van der Waals surface area contributed by atoms with E-state index in [2.05, 4.69) is 26.2 Å². The first-order valence-corrected chi connectivity index (χ1v) is 6.46. The largest absolute Gasteiger partial charge is 0.480 e. The van der Waals surface area contributed by atoms with E-state index in [1.54, 1.807) is 20.8 Å². The molecule has 0 bridgehead atoms. The number of hydrogen-bond acceptors (Lipinski definition) is 3. The van der Waals surface area contributed by atoms with E-state index in [1.165, 1.54) is 6.07 Å². The summed E-state index contributed by atoms with van der Waals surface area (Å²) in [5.74, 6) is -2.12. The second-order valence-corrected chi connectivity index (χ2v) is 5.37. The van der Waals surface area contributed by atoms with Crippen LogP contribution in [0.1, 0.15) is 29.9 Å². The van der Waals surface area contributed by atoms with Gasteiger partial charge >= 0.3 is 5.97 Å². The van der Waals surface area contributed by atoms with Crippen molar-refractivity contribution in [1.82, 2.24) is 10.3 Å². The Kier molecular flexibility index (Phi) is 4.88. The second kappa shape index (κ2) is 6.01. The lowest BCUT2D eigenvalue weighted by molar-refractivity contribution is -0.140. The molecule has 0 fully saturated rings. The first kappa shape index (κ1) is 15.4. The highest BCUT2D eigenvalue weighted by Crippen LogP contribution is 2.13. The van der Waals surface area contributed by atoms with Crippen molar-refractivity contribution >= 4 is 27.8 Å². The molecule has 0 spiro atoms. The number of aromatic amines is 1. The molecule has 0 aromatic carbocycles. The highest BCUT2D eigenvalue weighted by atomic mass is 79.9. The summed E-state index contributed by atoms with van der Waals surface area (Å²) in [6.07, 6.45) is 0. The first-order valence-electron chi connectivity index (χ1n) is 5.67. The van der Waals surface area contributed by atoms with Gasteiger partial charge in [-0.3, -0.25) is 9.59 Å². The molecular formula is C12H15BrN2O4. The Morgan fingerprint density at radius 1 is 1.42 bits per heavy atom. The van der Waals surface area contributed by atoms with Crippen LogP contribution in [0.15, 0.2) is 15.3 Å². The Labute approximate surface area is 118 Å². The topological polar surface area (TPSA) is 99.3 Å². The van der Waals surface area contributed by atoms with Crippen LogP contribution in [0.5, 0.6) is 0 Å². The smallest absolute Gasteiger partial charge is 0.326 e. The molecule has 6 nitrogen and oxygen atoms in total. The van der Waals surface area contributed by atoms with E-state index >= 15 is 0 Å². The predicted molar refractivity (Wildman–Crippen MR) is 73.2 cm³/mol. The Bertz CT molecular complexity index is 565. The number of aliphatic carboxylic acids is 1. The normalized spacial score (nSPS) is 12.3. The van der Waals surface area contributed by atoms with Crippen molar-refractivity contribution in [2.45, 2.75) is 26.8 Å². The molecule has 0 aliphatic carbocycles. The minimum absolute atomic E-state index is 0.121. The molecule has 0 aliphatic heterocycles. The summed E-state index contributed by atoms with van der Waals surface area (Å²) >= 11 is 3.21. The summed E-state index contributed by atoms with van der Waals surface area (Å²) in [7, 11) is 0. The van der Waals surface area contributed by atoms with Crippen LogP contribution in [0.25, 0.3) is 0 Å². The first-order chi connectivity index (χ1) is 8.73. The number of H-pyrrole nitrogens is 1. The van der Waals surface area contributed by atoms with Gasteiger partial charge in [0.1, 0.15) is 11.6 Å². The Morgan fingerprint density at radius 3 is 2.47 bits per heavy atom. The summed E-state index contributed by atoms with van der Waals surface area (Å²) < 4.78 is 0.577. The number of halogens is 1. The molecule has 0 aliphatic rings. The van der Waals surface area contributed by atoms with Gasteiger partial charge in [-0.05, 0) is 34.8 Å². The second-order valence-electron chi connectivity index (χ2n) is 4.52. The fraction of sp³-hybridized carbons (Fsp3) is 0.417. The van der Waals surface area contributed by atoms with Crippen molar-refractivity contribution in [3.8, 4) is 0 Å². The van der Waals surface area contributed by atoms with Crippen molar-refractivity contribution in [3.05, 3.63) is 32.2 Å². The molecule has 1 rings (SSSR count). The number of hydrogen-bond donors (Lipinski definition) is 3. The van der Waals surface area contributed by atoms with Gasteiger partial charge in [-0.2, -0.15) is 0 Å². The standard InChI is InChI=1S/C12H15BrN2O4/c1-5(2)9(12(18)19)15-11(17)7-4-8(13)6(3)14-10(7)16/h4-5,9H,1-3H3,(H,14,16)(H,15,17)(H,18,19)/t9-/m0/s1. The zero-order chi connectivity index (χ0) is 14.7. The van der Waals surface area contributed by atoms with Gasteiger partial charge in [-0.15, -0.1) is 0 Å². The summed E-state index contributed by atoms with van der Waals surface area (Å²) in [5, 5.41) is 11.3. The van der Waals surface area contributed by atoms with Crippen molar-refractivity contribution in [3.63, 3.8) is 0 Å². The van der Waals surface area contributed by atoms with Gasteiger partial charge in [0.25, 0.3) is 11.5 Å². The van der Waals surface area contributed by atoms with Gasteiger partial charge in [0.2, 0.25) is 0 Å². The Morgan fingerprint density at radius 2 is 2.00 bits per heavy atom. The molecule has 1 atom stereocenters. The van der Waals surface area contributed by atoms with Gasteiger partial charge in [-0.1, -0.05) is 13.8 Å². The maximum Gasteiger partial charge on any atom is 0.326 e. The molecule has 104 valence electrons. The summed E-state index contributed by atoms with van der Waals surface area (Å²) in [6.45, 7) is 5.03. The highest BCUT2D eigenvalue weighted by molar-refractivity contribution is 9.10. The average molecular weight is 331 g/mol. The number of carboxylic acid groups (broad SMARTS) is 1. The molecule has 19 heavy (non-hydrogen) atoms. The molecule has 0 unspecified atom stereocenters. The number of carboxylic acids is 1. The van der Waals surface area contributed by atoms with Gasteiger partial charge in [0.15, 0.2) is 0 Å². The van der Waals surface area contributed by atoms with E-state index in [4.69, 9.17) is 5.11 Å². The van der Waals surface area contributed by atoms with Gasteiger partial charge in [0.05, 0.1) is 0 Å². The minimum atomic E-state index is -1.13. The number of amides is 1. The molecule has 1 aromatic rings. The van der Waals surface area contributed by atoms with E-state index in [0.29, 0.717) is 10.2 Å². The monoisotopic (exact) mass is 330 g/mol. The summed E-state index contributed by atoms with van der Waals surface area (Å²) in [4.78, 5) is 37.1. The molecule has 0 saturated heterocycles. The van der Waals surface area contributed by atoms with Crippen molar-refractivity contribution in [2.75, 3.05) is 0 Å². The summed E-state index contributed by atoms with van der Waals surface area (Å²) in [5.41, 5.74) is -0.0735. The number of carbonyl (C=O) groups is 2. The van der Waals surface area contributed by atoms with E-state index in [1.807, 2.05) is 0 Å². The molecule has 7 heteroatoms. The quantitative estimate of drug-likeness (QED) is 0.774. The molecule has 1 aromatic heterocycles. The Balaban J connectivity index is 3.05. The van der Waals surface area contributed by atoms with Gasteiger partial charge in [0, 0.05) is 10.2 Å². The van der Waals surface area contributed by atoms with E-state index < -0.39 is 23.5 Å². The number of aryl methyl sites for hydroxylation is 1. The highest BCUT2D eigenvalue weighted by Gasteiger charge is 2.25. The molecule has 1 heterocycles. The van der Waals surface area contributed by atoms with Gasteiger partial charge < -0.3 is 15.4 Å². The lowest BCUT2D eigenvalue weighted by Gasteiger charge is -2.17. The third kappa shape index (κ3) is 3.66. The van der Waals surface area contributed by atoms with Crippen molar-refractivity contribution < 1.29 is 14.7 Å². The van der Waals surface area contributed by atoms with Crippen LogP contribution in [0.2, 0.25) is 0 Å². The van der Waals surface area contributed by atoms with Crippen LogP contribution in [-0.4, -0.2) is 28.0 Å². The van der Waals surface area contributed by atoms with Crippen LogP contribution in [-0.2, 0) is 4.79 Å². The lowest BCUT2D eigenvalue weighted by atomic mass is 10.0. The third-order valence-corrected chi connectivity index (χ3v) is 3.46.